The zero-order chi connectivity index (χ0) is 13.0. The van der Waals surface area contributed by atoms with Crippen molar-refractivity contribution in [2.75, 3.05) is 20.3 Å². The van der Waals surface area contributed by atoms with Gasteiger partial charge in [0, 0.05) is 12.2 Å². The maximum Gasteiger partial charge on any atom is 0.161 e. The summed E-state index contributed by atoms with van der Waals surface area (Å²) in [5.41, 5.74) is 0.622. The summed E-state index contributed by atoms with van der Waals surface area (Å²) in [6, 6.07) is 5.22. The highest BCUT2D eigenvalue weighted by Crippen LogP contribution is 2.29. The Bertz CT molecular complexity index is 422. The second kappa shape index (κ2) is 5.87. The minimum Gasteiger partial charge on any atom is -0.493 e. The van der Waals surface area contributed by atoms with E-state index in [1.165, 1.54) is 6.92 Å². The summed E-state index contributed by atoms with van der Waals surface area (Å²) in [5.74, 6) is 1.25. The van der Waals surface area contributed by atoms with Gasteiger partial charge in [-0.15, -0.1) is 0 Å². The van der Waals surface area contributed by atoms with Crippen LogP contribution in [0.15, 0.2) is 18.2 Å². The van der Waals surface area contributed by atoms with Gasteiger partial charge in [0.2, 0.25) is 0 Å². The molecule has 1 saturated heterocycles. The van der Waals surface area contributed by atoms with Gasteiger partial charge in [0.15, 0.2) is 17.3 Å². The van der Waals surface area contributed by atoms with Crippen molar-refractivity contribution in [1.29, 1.82) is 0 Å². The predicted octanol–water partition coefficient (Wildman–Crippen LogP) is 2.46. The molecular formula is C14H18O4. The van der Waals surface area contributed by atoms with E-state index in [4.69, 9.17) is 14.2 Å². The largest absolute Gasteiger partial charge is 0.493 e. The number of hydrogen-bond acceptors (Lipinski definition) is 4. The highest BCUT2D eigenvalue weighted by Gasteiger charge is 2.17. The number of rotatable bonds is 5. The van der Waals surface area contributed by atoms with Crippen LogP contribution in [-0.2, 0) is 4.74 Å². The summed E-state index contributed by atoms with van der Waals surface area (Å²) in [6.07, 6.45) is 2.30. The fourth-order valence-corrected chi connectivity index (χ4v) is 1.96. The Morgan fingerprint density at radius 3 is 2.89 bits per heavy atom. The molecule has 0 spiro atoms. The lowest BCUT2D eigenvalue weighted by molar-refractivity contribution is 0.0669. The third-order valence-electron chi connectivity index (χ3n) is 3.02. The van der Waals surface area contributed by atoms with Gasteiger partial charge in [0.05, 0.1) is 13.2 Å². The second-order valence-corrected chi connectivity index (χ2v) is 4.37. The van der Waals surface area contributed by atoms with Crippen LogP contribution in [0.3, 0.4) is 0 Å². The molecule has 1 aromatic rings. The number of carbonyl (C=O) groups excluding carboxylic acids is 1. The molecule has 0 saturated carbocycles. The van der Waals surface area contributed by atoms with Gasteiger partial charge in [-0.05, 0) is 38.0 Å². The Morgan fingerprint density at radius 2 is 2.28 bits per heavy atom. The summed E-state index contributed by atoms with van der Waals surface area (Å²) in [6.45, 7) is 2.87. The number of methoxy groups -OCH3 is 1. The normalized spacial score (nSPS) is 18.7. The van der Waals surface area contributed by atoms with Crippen LogP contribution >= 0.6 is 0 Å². The van der Waals surface area contributed by atoms with E-state index < -0.39 is 0 Å². The Kier molecular flexibility index (Phi) is 4.20. The van der Waals surface area contributed by atoms with Crippen molar-refractivity contribution in [2.24, 2.45) is 0 Å². The molecule has 0 bridgehead atoms. The summed E-state index contributed by atoms with van der Waals surface area (Å²) in [7, 11) is 1.57. The van der Waals surface area contributed by atoms with Crippen molar-refractivity contribution >= 4 is 5.78 Å². The molecule has 0 aromatic heterocycles. The molecular weight excluding hydrogens is 232 g/mol. The zero-order valence-electron chi connectivity index (χ0n) is 10.8. The van der Waals surface area contributed by atoms with Crippen molar-refractivity contribution in [3.63, 3.8) is 0 Å². The van der Waals surface area contributed by atoms with E-state index >= 15 is 0 Å². The number of hydrogen-bond donors (Lipinski definition) is 0. The molecule has 1 unspecified atom stereocenters. The van der Waals surface area contributed by atoms with Crippen LogP contribution in [0.4, 0.5) is 0 Å². The molecule has 0 amide bonds. The highest BCUT2D eigenvalue weighted by atomic mass is 16.5. The average molecular weight is 250 g/mol. The molecule has 18 heavy (non-hydrogen) atoms. The Balaban J connectivity index is 2.04. The number of ketones is 1. The zero-order valence-corrected chi connectivity index (χ0v) is 10.8. The van der Waals surface area contributed by atoms with E-state index in [0.717, 1.165) is 19.4 Å². The summed E-state index contributed by atoms with van der Waals surface area (Å²) >= 11 is 0. The molecule has 1 aliphatic rings. The van der Waals surface area contributed by atoms with Crippen LogP contribution in [0.5, 0.6) is 11.5 Å². The first-order valence-electron chi connectivity index (χ1n) is 6.14. The fourth-order valence-electron chi connectivity index (χ4n) is 1.96. The lowest BCUT2D eigenvalue weighted by Crippen LogP contribution is -2.16. The van der Waals surface area contributed by atoms with E-state index in [1.807, 2.05) is 0 Å². The maximum atomic E-state index is 11.3. The quantitative estimate of drug-likeness (QED) is 0.753. The van der Waals surface area contributed by atoms with Gasteiger partial charge in [-0.1, -0.05) is 0 Å². The standard InChI is InChI=1S/C14H18O4/c1-10(15)11-5-6-13(14(8-11)16-2)18-9-12-4-3-7-17-12/h5-6,8,12H,3-4,7,9H2,1-2H3. The Hall–Kier alpha value is -1.55. The van der Waals surface area contributed by atoms with Crippen LogP contribution < -0.4 is 9.47 Å². The van der Waals surface area contributed by atoms with Gasteiger partial charge >= 0.3 is 0 Å². The van der Waals surface area contributed by atoms with Crippen molar-refractivity contribution in [3.05, 3.63) is 23.8 Å². The van der Waals surface area contributed by atoms with Gasteiger partial charge in [-0.25, -0.2) is 0 Å². The molecule has 1 heterocycles. The minimum atomic E-state index is 0.0129. The molecule has 0 N–H and O–H groups in total. The number of Topliss-reactive ketones (excluding diaryl/α,β-unsaturated/α-hetero) is 1. The third-order valence-corrected chi connectivity index (χ3v) is 3.02. The van der Waals surface area contributed by atoms with E-state index in [0.29, 0.717) is 23.7 Å². The fraction of sp³-hybridized carbons (Fsp3) is 0.500. The third kappa shape index (κ3) is 3.01. The molecule has 0 aliphatic carbocycles. The molecule has 1 atom stereocenters. The van der Waals surface area contributed by atoms with Crippen LogP contribution in [-0.4, -0.2) is 32.2 Å². The SMILES string of the molecule is COc1cc(C(C)=O)ccc1OCC1CCCO1. The first kappa shape index (κ1) is 12.9. The van der Waals surface area contributed by atoms with E-state index in [-0.39, 0.29) is 11.9 Å². The summed E-state index contributed by atoms with van der Waals surface area (Å²) < 4.78 is 16.4. The van der Waals surface area contributed by atoms with E-state index in [2.05, 4.69) is 0 Å². The molecule has 0 radical (unpaired) electrons. The Morgan fingerprint density at radius 1 is 1.44 bits per heavy atom. The van der Waals surface area contributed by atoms with E-state index in [1.54, 1.807) is 25.3 Å². The molecule has 98 valence electrons. The first-order valence-corrected chi connectivity index (χ1v) is 6.14. The smallest absolute Gasteiger partial charge is 0.161 e. The number of carbonyl (C=O) groups is 1. The lowest BCUT2D eigenvalue weighted by atomic mass is 10.1. The van der Waals surface area contributed by atoms with Crippen LogP contribution in [0.1, 0.15) is 30.1 Å². The van der Waals surface area contributed by atoms with Crippen LogP contribution in [0, 0.1) is 0 Å². The molecule has 1 aliphatic heterocycles. The van der Waals surface area contributed by atoms with Crippen molar-refractivity contribution < 1.29 is 19.0 Å². The molecule has 1 fully saturated rings. The summed E-state index contributed by atoms with van der Waals surface area (Å²) in [5, 5.41) is 0. The van der Waals surface area contributed by atoms with E-state index in [9.17, 15) is 4.79 Å². The molecule has 4 nitrogen and oxygen atoms in total. The van der Waals surface area contributed by atoms with Crippen molar-refractivity contribution in [1.82, 2.24) is 0 Å². The topological polar surface area (TPSA) is 44.8 Å². The van der Waals surface area contributed by atoms with Crippen LogP contribution in [0.2, 0.25) is 0 Å². The second-order valence-electron chi connectivity index (χ2n) is 4.37. The molecule has 1 aromatic carbocycles. The van der Waals surface area contributed by atoms with Gasteiger partial charge in [0.1, 0.15) is 6.61 Å². The van der Waals surface area contributed by atoms with Gasteiger partial charge in [0.25, 0.3) is 0 Å². The highest BCUT2D eigenvalue weighted by molar-refractivity contribution is 5.94. The minimum absolute atomic E-state index is 0.0129. The molecule has 4 heteroatoms. The van der Waals surface area contributed by atoms with Gasteiger partial charge in [-0.2, -0.15) is 0 Å². The average Bonchev–Trinajstić information content (AvgIpc) is 2.89. The van der Waals surface area contributed by atoms with Crippen LogP contribution in [0.25, 0.3) is 0 Å². The monoisotopic (exact) mass is 250 g/mol. The first-order chi connectivity index (χ1) is 8.70. The Labute approximate surface area is 107 Å². The van der Waals surface area contributed by atoms with Crippen molar-refractivity contribution in [2.45, 2.75) is 25.9 Å². The molecule has 2 rings (SSSR count). The number of ether oxygens (including phenoxy) is 3. The summed E-state index contributed by atoms with van der Waals surface area (Å²) in [4.78, 5) is 11.3. The van der Waals surface area contributed by atoms with Gasteiger partial charge < -0.3 is 14.2 Å². The predicted molar refractivity (Wildman–Crippen MR) is 67.5 cm³/mol. The van der Waals surface area contributed by atoms with Gasteiger partial charge in [-0.3, -0.25) is 4.79 Å². The maximum absolute atomic E-state index is 11.3. The lowest BCUT2D eigenvalue weighted by Gasteiger charge is -2.14. The van der Waals surface area contributed by atoms with Crippen molar-refractivity contribution in [3.8, 4) is 11.5 Å². The number of benzene rings is 1.